The molecule has 2 aliphatic carbocycles. The second-order valence-corrected chi connectivity index (χ2v) is 5.68. The molecule has 0 bridgehead atoms. The Morgan fingerprint density at radius 1 is 0.786 bits per heavy atom. The molecule has 1 heterocycles. The van der Waals surface area contributed by atoms with E-state index in [1.807, 2.05) is 0 Å². The number of nitrogens with one attached hydrogen (secondary N) is 1. The Kier molecular flexibility index (Phi) is 2.31. The fourth-order valence-corrected chi connectivity index (χ4v) is 3.68. The maximum absolute atomic E-state index is 3.96. The first kappa shape index (κ1) is 9.21. The van der Waals surface area contributed by atoms with Crippen LogP contribution in [0.25, 0.3) is 0 Å². The molecule has 1 unspecified atom stereocenters. The van der Waals surface area contributed by atoms with Gasteiger partial charge in [-0.25, -0.2) is 0 Å². The number of hydrogen-bond acceptors (Lipinski definition) is 1. The van der Waals surface area contributed by atoms with Gasteiger partial charge in [-0.1, -0.05) is 19.3 Å². The standard InChI is InChI=1S/C13H23N/c1-2-9-13(12-7-8-12,14-10-3-1)11-5-4-6-11/h11-12,14H,1-10H2. The van der Waals surface area contributed by atoms with E-state index in [1.54, 1.807) is 0 Å². The normalized spacial score (nSPS) is 40.3. The molecule has 1 heteroatoms. The van der Waals surface area contributed by atoms with Gasteiger partial charge in [0.15, 0.2) is 0 Å². The fraction of sp³-hybridized carbons (Fsp3) is 1.00. The van der Waals surface area contributed by atoms with Crippen molar-refractivity contribution in [2.75, 3.05) is 6.54 Å². The summed E-state index contributed by atoms with van der Waals surface area (Å²) in [7, 11) is 0. The van der Waals surface area contributed by atoms with Crippen LogP contribution in [0.4, 0.5) is 0 Å². The van der Waals surface area contributed by atoms with Gasteiger partial charge in [0.25, 0.3) is 0 Å². The molecule has 1 saturated heterocycles. The Hall–Kier alpha value is -0.0400. The third kappa shape index (κ3) is 1.41. The predicted octanol–water partition coefficient (Wildman–Crippen LogP) is 3.10. The predicted molar refractivity (Wildman–Crippen MR) is 59.3 cm³/mol. The second-order valence-electron chi connectivity index (χ2n) is 5.68. The van der Waals surface area contributed by atoms with Crippen molar-refractivity contribution in [3.05, 3.63) is 0 Å². The maximum atomic E-state index is 3.96. The Morgan fingerprint density at radius 2 is 1.57 bits per heavy atom. The van der Waals surface area contributed by atoms with Crippen molar-refractivity contribution in [2.45, 2.75) is 63.3 Å². The molecule has 0 aromatic carbocycles. The molecule has 0 aromatic heterocycles. The second kappa shape index (κ2) is 3.52. The van der Waals surface area contributed by atoms with Crippen molar-refractivity contribution in [1.29, 1.82) is 0 Å². The molecule has 0 radical (unpaired) electrons. The van der Waals surface area contributed by atoms with Gasteiger partial charge >= 0.3 is 0 Å². The van der Waals surface area contributed by atoms with Crippen LogP contribution in [0.3, 0.4) is 0 Å². The first-order valence-electron chi connectivity index (χ1n) is 6.67. The van der Waals surface area contributed by atoms with E-state index in [9.17, 15) is 0 Å². The lowest BCUT2D eigenvalue weighted by Crippen LogP contribution is -2.54. The Bertz CT molecular complexity index is 195. The molecule has 1 atom stereocenters. The smallest absolute Gasteiger partial charge is 0.0237 e. The first-order chi connectivity index (χ1) is 6.92. The largest absolute Gasteiger partial charge is 0.311 e. The van der Waals surface area contributed by atoms with E-state index in [4.69, 9.17) is 0 Å². The summed E-state index contributed by atoms with van der Waals surface area (Å²) in [6.07, 6.45) is 13.4. The monoisotopic (exact) mass is 193 g/mol. The molecule has 0 spiro atoms. The van der Waals surface area contributed by atoms with Crippen LogP contribution in [0, 0.1) is 11.8 Å². The molecule has 1 aliphatic heterocycles. The lowest BCUT2D eigenvalue weighted by Gasteiger charge is -2.46. The van der Waals surface area contributed by atoms with Crippen molar-refractivity contribution >= 4 is 0 Å². The average molecular weight is 193 g/mol. The summed E-state index contributed by atoms with van der Waals surface area (Å²) in [5.74, 6) is 2.11. The molecule has 80 valence electrons. The van der Waals surface area contributed by atoms with Crippen molar-refractivity contribution in [1.82, 2.24) is 5.32 Å². The summed E-state index contributed by atoms with van der Waals surface area (Å²) < 4.78 is 0. The average Bonchev–Trinajstić information content (AvgIpc) is 2.87. The Balaban J connectivity index is 1.77. The molecule has 3 rings (SSSR count). The summed E-state index contributed by atoms with van der Waals surface area (Å²) in [6, 6.07) is 0. The van der Waals surface area contributed by atoms with Gasteiger partial charge in [0.05, 0.1) is 0 Å². The molecular weight excluding hydrogens is 170 g/mol. The highest BCUT2D eigenvalue weighted by Gasteiger charge is 2.51. The van der Waals surface area contributed by atoms with Crippen LogP contribution in [-0.2, 0) is 0 Å². The minimum absolute atomic E-state index is 0.620. The Labute approximate surface area is 87.7 Å². The van der Waals surface area contributed by atoms with Crippen LogP contribution in [0.15, 0.2) is 0 Å². The van der Waals surface area contributed by atoms with Crippen LogP contribution >= 0.6 is 0 Å². The number of hydrogen-bond donors (Lipinski definition) is 1. The highest BCUT2D eigenvalue weighted by atomic mass is 15.0. The summed E-state index contributed by atoms with van der Waals surface area (Å²) in [4.78, 5) is 0. The van der Waals surface area contributed by atoms with E-state index in [0.717, 1.165) is 11.8 Å². The lowest BCUT2D eigenvalue weighted by atomic mass is 9.66. The van der Waals surface area contributed by atoms with Crippen LogP contribution in [0.1, 0.15) is 57.8 Å². The maximum Gasteiger partial charge on any atom is 0.0237 e. The topological polar surface area (TPSA) is 12.0 Å². The highest BCUT2D eigenvalue weighted by molar-refractivity contribution is 5.07. The molecule has 0 aromatic rings. The van der Waals surface area contributed by atoms with Gasteiger partial charge in [0, 0.05) is 5.54 Å². The van der Waals surface area contributed by atoms with Crippen molar-refractivity contribution in [3.8, 4) is 0 Å². The first-order valence-corrected chi connectivity index (χ1v) is 6.67. The van der Waals surface area contributed by atoms with Gasteiger partial charge in [-0.05, 0) is 56.9 Å². The van der Waals surface area contributed by atoms with Gasteiger partial charge in [-0.3, -0.25) is 0 Å². The lowest BCUT2D eigenvalue weighted by molar-refractivity contribution is 0.0988. The van der Waals surface area contributed by atoms with Crippen molar-refractivity contribution in [2.24, 2.45) is 11.8 Å². The molecule has 3 aliphatic rings. The third-order valence-corrected chi connectivity index (χ3v) is 4.86. The number of rotatable bonds is 2. The Morgan fingerprint density at radius 3 is 2.21 bits per heavy atom. The zero-order valence-corrected chi connectivity index (χ0v) is 9.23. The van der Waals surface area contributed by atoms with Gasteiger partial charge in [0.1, 0.15) is 0 Å². The van der Waals surface area contributed by atoms with Crippen molar-refractivity contribution in [3.63, 3.8) is 0 Å². The van der Waals surface area contributed by atoms with E-state index in [2.05, 4.69) is 5.32 Å². The molecular formula is C13H23N. The summed E-state index contributed by atoms with van der Waals surface area (Å²) >= 11 is 0. The van der Waals surface area contributed by atoms with E-state index < -0.39 is 0 Å². The molecule has 1 N–H and O–H groups in total. The van der Waals surface area contributed by atoms with Crippen LogP contribution in [0.5, 0.6) is 0 Å². The van der Waals surface area contributed by atoms with Crippen LogP contribution in [0.2, 0.25) is 0 Å². The quantitative estimate of drug-likeness (QED) is 0.710. The molecule has 2 saturated carbocycles. The van der Waals surface area contributed by atoms with Gasteiger partial charge in [-0.2, -0.15) is 0 Å². The molecule has 14 heavy (non-hydrogen) atoms. The van der Waals surface area contributed by atoms with E-state index in [-0.39, 0.29) is 0 Å². The van der Waals surface area contributed by atoms with Gasteiger partial charge < -0.3 is 5.32 Å². The molecule has 1 nitrogen and oxygen atoms in total. The molecule has 3 fully saturated rings. The van der Waals surface area contributed by atoms with Gasteiger partial charge in [-0.15, -0.1) is 0 Å². The van der Waals surface area contributed by atoms with Crippen LogP contribution in [-0.4, -0.2) is 12.1 Å². The van der Waals surface area contributed by atoms with E-state index in [1.165, 1.54) is 64.3 Å². The molecule has 0 amide bonds. The van der Waals surface area contributed by atoms with Gasteiger partial charge in [0.2, 0.25) is 0 Å². The van der Waals surface area contributed by atoms with E-state index >= 15 is 0 Å². The van der Waals surface area contributed by atoms with Crippen molar-refractivity contribution < 1.29 is 0 Å². The highest BCUT2D eigenvalue weighted by Crippen LogP contribution is 2.52. The van der Waals surface area contributed by atoms with Crippen LogP contribution < -0.4 is 5.32 Å². The van der Waals surface area contributed by atoms with E-state index in [0.29, 0.717) is 5.54 Å². The minimum Gasteiger partial charge on any atom is -0.311 e. The zero-order valence-electron chi connectivity index (χ0n) is 9.23. The summed E-state index contributed by atoms with van der Waals surface area (Å²) in [5, 5.41) is 3.96. The summed E-state index contributed by atoms with van der Waals surface area (Å²) in [5.41, 5.74) is 0.620. The SMILES string of the molecule is C1CCNC(C2CCC2)(C2CC2)CC1. The summed E-state index contributed by atoms with van der Waals surface area (Å²) in [6.45, 7) is 1.30. The third-order valence-electron chi connectivity index (χ3n) is 4.86. The minimum atomic E-state index is 0.620. The zero-order chi connectivity index (χ0) is 9.43. The fourth-order valence-electron chi connectivity index (χ4n) is 3.68.